The van der Waals surface area contributed by atoms with E-state index in [0.717, 1.165) is 5.56 Å². The molecule has 14 heavy (non-hydrogen) atoms. The molecule has 0 unspecified atom stereocenters. The molecule has 0 atom stereocenters. The molecule has 2 rings (SSSR count). The van der Waals surface area contributed by atoms with Crippen LogP contribution in [0.1, 0.15) is 15.9 Å². The highest BCUT2D eigenvalue weighted by atomic mass is 16.2. The summed E-state index contributed by atoms with van der Waals surface area (Å²) in [6.45, 7) is 1.98. The zero-order chi connectivity index (χ0) is 9.97. The highest BCUT2D eigenvalue weighted by Crippen LogP contribution is 2.04. The molecule has 0 bridgehead atoms. The van der Waals surface area contributed by atoms with E-state index in [4.69, 9.17) is 0 Å². The first-order valence-corrected chi connectivity index (χ1v) is 4.25. The summed E-state index contributed by atoms with van der Waals surface area (Å²) >= 11 is 0. The SMILES string of the molecule is Cc1ccc(C(=O)n2ccnn2)cc1. The molecule has 4 heteroatoms. The van der Waals surface area contributed by atoms with Crippen molar-refractivity contribution in [3.63, 3.8) is 0 Å². The van der Waals surface area contributed by atoms with Crippen LogP contribution < -0.4 is 0 Å². The molecule has 0 fully saturated rings. The Bertz CT molecular complexity index is 431. The van der Waals surface area contributed by atoms with Crippen LogP contribution in [0, 0.1) is 6.92 Å². The van der Waals surface area contributed by atoms with Gasteiger partial charge in [0.1, 0.15) is 0 Å². The normalized spacial score (nSPS) is 10.1. The molecule has 1 aromatic heterocycles. The number of aryl methyl sites for hydroxylation is 1. The first-order chi connectivity index (χ1) is 6.77. The van der Waals surface area contributed by atoms with Crippen molar-refractivity contribution >= 4 is 5.91 Å². The lowest BCUT2D eigenvalue weighted by Gasteiger charge is -1.99. The van der Waals surface area contributed by atoms with Gasteiger partial charge in [-0.2, -0.15) is 4.68 Å². The second kappa shape index (κ2) is 3.41. The lowest BCUT2D eigenvalue weighted by molar-refractivity contribution is 0.0943. The number of hydrogen-bond acceptors (Lipinski definition) is 3. The van der Waals surface area contributed by atoms with Gasteiger partial charge in [-0.1, -0.05) is 22.9 Å². The minimum Gasteiger partial charge on any atom is -0.267 e. The second-order valence-electron chi connectivity index (χ2n) is 3.02. The van der Waals surface area contributed by atoms with Crippen molar-refractivity contribution in [1.29, 1.82) is 0 Å². The summed E-state index contributed by atoms with van der Waals surface area (Å²) in [7, 11) is 0. The molecule has 0 N–H and O–H groups in total. The van der Waals surface area contributed by atoms with Crippen molar-refractivity contribution in [3.05, 3.63) is 47.8 Å². The largest absolute Gasteiger partial charge is 0.279 e. The second-order valence-corrected chi connectivity index (χ2v) is 3.02. The smallest absolute Gasteiger partial charge is 0.267 e. The van der Waals surface area contributed by atoms with Crippen molar-refractivity contribution < 1.29 is 4.79 Å². The van der Waals surface area contributed by atoms with Gasteiger partial charge in [-0.3, -0.25) is 4.79 Å². The highest BCUT2D eigenvalue weighted by molar-refractivity contribution is 5.95. The van der Waals surface area contributed by atoms with E-state index in [1.165, 1.54) is 17.1 Å². The van der Waals surface area contributed by atoms with Crippen LogP contribution in [0.25, 0.3) is 0 Å². The number of nitrogens with zero attached hydrogens (tertiary/aromatic N) is 3. The van der Waals surface area contributed by atoms with E-state index in [9.17, 15) is 4.79 Å². The quantitative estimate of drug-likeness (QED) is 0.675. The summed E-state index contributed by atoms with van der Waals surface area (Å²) in [4.78, 5) is 11.7. The van der Waals surface area contributed by atoms with Gasteiger partial charge in [0.2, 0.25) is 0 Å². The van der Waals surface area contributed by atoms with Crippen LogP contribution >= 0.6 is 0 Å². The molecular weight excluding hydrogens is 178 g/mol. The van der Waals surface area contributed by atoms with Gasteiger partial charge < -0.3 is 0 Å². The predicted octanol–water partition coefficient (Wildman–Crippen LogP) is 1.28. The molecule has 0 saturated carbocycles. The third-order valence-corrected chi connectivity index (χ3v) is 1.93. The Morgan fingerprint density at radius 1 is 1.29 bits per heavy atom. The number of aromatic nitrogens is 3. The number of carbonyl (C=O) groups is 1. The van der Waals surface area contributed by atoms with E-state index in [1.54, 1.807) is 12.1 Å². The summed E-state index contributed by atoms with van der Waals surface area (Å²) in [5, 5.41) is 7.21. The van der Waals surface area contributed by atoms with Crippen LogP contribution in [0.15, 0.2) is 36.7 Å². The number of hydrogen-bond donors (Lipinski definition) is 0. The molecule has 70 valence electrons. The summed E-state index contributed by atoms with van der Waals surface area (Å²) in [5.74, 6) is -0.164. The number of benzene rings is 1. The van der Waals surface area contributed by atoms with E-state index in [1.807, 2.05) is 19.1 Å². The monoisotopic (exact) mass is 187 g/mol. The topological polar surface area (TPSA) is 47.8 Å². The maximum Gasteiger partial charge on any atom is 0.279 e. The molecular formula is C10H9N3O. The van der Waals surface area contributed by atoms with Crippen molar-refractivity contribution in [2.24, 2.45) is 0 Å². The van der Waals surface area contributed by atoms with Gasteiger partial charge in [-0.05, 0) is 19.1 Å². The van der Waals surface area contributed by atoms with Crippen molar-refractivity contribution in [2.45, 2.75) is 6.92 Å². The first kappa shape index (κ1) is 8.62. The fourth-order valence-electron chi connectivity index (χ4n) is 1.14. The van der Waals surface area contributed by atoms with Crippen molar-refractivity contribution in [1.82, 2.24) is 15.0 Å². The van der Waals surface area contributed by atoms with Crippen LogP contribution in [-0.4, -0.2) is 20.9 Å². The lowest BCUT2D eigenvalue weighted by Crippen LogP contribution is -2.12. The summed E-state index contributed by atoms with van der Waals surface area (Å²) in [6, 6.07) is 7.34. The van der Waals surface area contributed by atoms with Gasteiger partial charge >= 0.3 is 0 Å². The minimum absolute atomic E-state index is 0.164. The summed E-state index contributed by atoms with van der Waals surface area (Å²) in [6.07, 6.45) is 3.01. The first-order valence-electron chi connectivity index (χ1n) is 4.25. The summed E-state index contributed by atoms with van der Waals surface area (Å²) in [5.41, 5.74) is 1.74. The van der Waals surface area contributed by atoms with Crippen LogP contribution in [0.4, 0.5) is 0 Å². The van der Waals surface area contributed by atoms with Gasteiger partial charge in [0.15, 0.2) is 0 Å². The Balaban J connectivity index is 2.33. The van der Waals surface area contributed by atoms with Crippen LogP contribution in [-0.2, 0) is 0 Å². The molecule has 0 radical (unpaired) electrons. The van der Waals surface area contributed by atoms with Crippen LogP contribution in [0.2, 0.25) is 0 Å². The molecule has 0 aliphatic carbocycles. The molecule has 0 aliphatic heterocycles. The molecule has 4 nitrogen and oxygen atoms in total. The molecule has 1 heterocycles. The molecule has 0 aliphatic rings. The van der Waals surface area contributed by atoms with Gasteiger partial charge in [0.05, 0.1) is 12.4 Å². The lowest BCUT2D eigenvalue weighted by atomic mass is 10.1. The van der Waals surface area contributed by atoms with Crippen LogP contribution in [0.5, 0.6) is 0 Å². The fourth-order valence-corrected chi connectivity index (χ4v) is 1.14. The van der Waals surface area contributed by atoms with Gasteiger partial charge in [-0.25, -0.2) is 0 Å². The summed E-state index contributed by atoms with van der Waals surface area (Å²) < 4.78 is 1.21. The minimum atomic E-state index is -0.164. The van der Waals surface area contributed by atoms with E-state index in [0.29, 0.717) is 5.56 Å². The van der Waals surface area contributed by atoms with Crippen molar-refractivity contribution in [3.8, 4) is 0 Å². The predicted molar refractivity (Wildman–Crippen MR) is 50.9 cm³/mol. The Hall–Kier alpha value is -1.97. The standard InChI is InChI=1S/C10H9N3O/c1-8-2-4-9(5-3-8)10(14)13-7-6-11-12-13/h2-7H,1H3. The number of carbonyl (C=O) groups excluding carboxylic acids is 1. The van der Waals surface area contributed by atoms with Gasteiger partial charge in [0.25, 0.3) is 5.91 Å². The Morgan fingerprint density at radius 3 is 2.57 bits per heavy atom. The number of rotatable bonds is 1. The molecule has 0 saturated heterocycles. The average molecular weight is 187 g/mol. The zero-order valence-electron chi connectivity index (χ0n) is 7.71. The van der Waals surface area contributed by atoms with E-state index in [-0.39, 0.29) is 5.91 Å². The Morgan fingerprint density at radius 2 is 2.00 bits per heavy atom. The zero-order valence-corrected chi connectivity index (χ0v) is 7.71. The average Bonchev–Trinajstić information content (AvgIpc) is 2.71. The van der Waals surface area contributed by atoms with E-state index >= 15 is 0 Å². The molecule has 1 aromatic carbocycles. The van der Waals surface area contributed by atoms with E-state index < -0.39 is 0 Å². The Kier molecular flexibility index (Phi) is 2.10. The molecule has 2 aromatic rings. The van der Waals surface area contributed by atoms with Crippen molar-refractivity contribution in [2.75, 3.05) is 0 Å². The maximum atomic E-state index is 11.7. The maximum absolute atomic E-state index is 11.7. The molecule has 0 amide bonds. The van der Waals surface area contributed by atoms with E-state index in [2.05, 4.69) is 10.3 Å². The highest BCUT2D eigenvalue weighted by Gasteiger charge is 2.07. The fraction of sp³-hybridized carbons (Fsp3) is 0.100. The van der Waals surface area contributed by atoms with Gasteiger partial charge in [-0.15, -0.1) is 5.10 Å². The third kappa shape index (κ3) is 1.54. The Labute approximate surface area is 81.2 Å². The third-order valence-electron chi connectivity index (χ3n) is 1.93. The van der Waals surface area contributed by atoms with Gasteiger partial charge in [0, 0.05) is 5.56 Å². The molecule has 0 spiro atoms. The van der Waals surface area contributed by atoms with Crippen LogP contribution in [0.3, 0.4) is 0 Å².